The largest absolute Gasteiger partial charge is 0.481 e. The van der Waals surface area contributed by atoms with E-state index in [1.54, 1.807) is 19.2 Å². The number of rotatable bonds is 2. The van der Waals surface area contributed by atoms with Gasteiger partial charge in [0, 0.05) is 11.6 Å². The van der Waals surface area contributed by atoms with Crippen LogP contribution < -0.4 is 0 Å². The van der Waals surface area contributed by atoms with Crippen molar-refractivity contribution in [1.29, 1.82) is 0 Å². The van der Waals surface area contributed by atoms with E-state index in [9.17, 15) is 4.79 Å². The van der Waals surface area contributed by atoms with Crippen LogP contribution in [-0.2, 0) is 10.2 Å². The first-order valence-electron chi connectivity index (χ1n) is 4.88. The molecule has 0 saturated carbocycles. The molecule has 0 radical (unpaired) electrons. The van der Waals surface area contributed by atoms with Crippen molar-refractivity contribution in [2.24, 2.45) is 0 Å². The molecule has 0 aromatic carbocycles. The molecule has 0 bridgehead atoms. The molecule has 15 heavy (non-hydrogen) atoms. The number of carbonyl (C=O) groups is 1. The van der Waals surface area contributed by atoms with Crippen LogP contribution >= 0.6 is 0 Å². The van der Waals surface area contributed by atoms with Crippen LogP contribution in [0.5, 0.6) is 0 Å². The predicted octanol–water partition coefficient (Wildman–Crippen LogP) is 1.96. The Kier molecular flexibility index (Phi) is 3.07. The topological polar surface area (TPSA) is 63.1 Å². The van der Waals surface area contributed by atoms with Crippen molar-refractivity contribution in [3.8, 4) is 0 Å². The molecule has 0 spiro atoms. The predicted molar refractivity (Wildman–Crippen MR) is 56.8 cm³/mol. The molecule has 1 unspecified atom stereocenters. The molecule has 1 N–H and O–H groups in total. The molecule has 0 fully saturated rings. The van der Waals surface area contributed by atoms with Crippen LogP contribution in [0.3, 0.4) is 0 Å². The molecular weight excluding hydrogens is 192 g/mol. The Balaban J connectivity index is 3.08. The summed E-state index contributed by atoms with van der Waals surface area (Å²) in [5, 5.41) is 8.87. The zero-order valence-corrected chi connectivity index (χ0v) is 9.48. The third kappa shape index (κ3) is 2.75. The summed E-state index contributed by atoms with van der Waals surface area (Å²) in [6, 6.07) is 1.65. The molecule has 1 aromatic rings. The van der Waals surface area contributed by atoms with Crippen LogP contribution in [0.15, 0.2) is 12.3 Å². The van der Waals surface area contributed by atoms with Crippen molar-refractivity contribution in [3.63, 3.8) is 0 Å². The van der Waals surface area contributed by atoms with Crippen LogP contribution in [0, 0.1) is 0 Å². The van der Waals surface area contributed by atoms with E-state index in [1.807, 2.05) is 20.8 Å². The van der Waals surface area contributed by atoms with E-state index in [2.05, 4.69) is 9.97 Å². The van der Waals surface area contributed by atoms with E-state index < -0.39 is 11.9 Å². The highest BCUT2D eigenvalue weighted by Gasteiger charge is 2.21. The van der Waals surface area contributed by atoms with E-state index in [0.717, 1.165) is 0 Å². The van der Waals surface area contributed by atoms with Gasteiger partial charge in [0.05, 0.1) is 11.6 Å². The Hall–Kier alpha value is -1.45. The average molecular weight is 208 g/mol. The normalized spacial score (nSPS) is 13.6. The van der Waals surface area contributed by atoms with Crippen molar-refractivity contribution in [2.75, 3.05) is 0 Å². The van der Waals surface area contributed by atoms with Gasteiger partial charge in [-0.15, -0.1) is 0 Å². The zero-order chi connectivity index (χ0) is 11.6. The maximum absolute atomic E-state index is 10.8. The molecule has 1 rings (SSSR count). The second-order valence-corrected chi connectivity index (χ2v) is 4.62. The van der Waals surface area contributed by atoms with Crippen LogP contribution in [-0.4, -0.2) is 21.0 Å². The van der Waals surface area contributed by atoms with Gasteiger partial charge in [-0.25, -0.2) is 9.97 Å². The van der Waals surface area contributed by atoms with Gasteiger partial charge >= 0.3 is 5.97 Å². The number of nitrogens with zero attached hydrogens (tertiary/aromatic N) is 2. The van der Waals surface area contributed by atoms with Crippen LogP contribution in [0.2, 0.25) is 0 Å². The lowest BCUT2D eigenvalue weighted by Gasteiger charge is -2.17. The fraction of sp³-hybridized carbons (Fsp3) is 0.545. The second kappa shape index (κ2) is 3.96. The van der Waals surface area contributed by atoms with Gasteiger partial charge in [-0.2, -0.15) is 0 Å². The maximum Gasteiger partial charge on any atom is 0.312 e. The van der Waals surface area contributed by atoms with Gasteiger partial charge in [0.1, 0.15) is 5.82 Å². The third-order valence-electron chi connectivity index (χ3n) is 2.16. The monoisotopic (exact) mass is 208 g/mol. The Morgan fingerprint density at radius 3 is 2.53 bits per heavy atom. The summed E-state index contributed by atoms with van der Waals surface area (Å²) in [6.45, 7) is 7.61. The Bertz CT molecular complexity index is 369. The molecule has 0 saturated heterocycles. The number of carboxylic acids is 1. The van der Waals surface area contributed by atoms with Gasteiger partial charge in [-0.1, -0.05) is 20.8 Å². The van der Waals surface area contributed by atoms with Crippen molar-refractivity contribution in [2.45, 2.75) is 39.0 Å². The van der Waals surface area contributed by atoms with Crippen molar-refractivity contribution in [3.05, 3.63) is 23.8 Å². The summed E-state index contributed by atoms with van der Waals surface area (Å²) in [6.07, 6.45) is 1.61. The third-order valence-corrected chi connectivity index (χ3v) is 2.16. The van der Waals surface area contributed by atoms with Gasteiger partial charge in [0.2, 0.25) is 0 Å². The maximum atomic E-state index is 10.8. The number of carboxylic acid groups (broad SMARTS) is 1. The van der Waals surface area contributed by atoms with Gasteiger partial charge in [0.15, 0.2) is 0 Å². The molecule has 0 amide bonds. The molecule has 1 aromatic heterocycles. The van der Waals surface area contributed by atoms with Crippen molar-refractivity contribution in [1.82, 2.24) is 9.97 Å². The van der Waals surface area contributed by atoms with Gasteiger partial charge < -0.3 is 5.11 Å². The Labute approximate surface area is 89.4 Å². The molecule has 1 heterocycles. The second-order valence-electron chi connectivity index (χ2n) is 4.62. The van der Waals surface area contributed by atoms with E-state index in [0.29, 0.717) is 11.5 Å². The quantitative estimate of drug-likeness (QED) is 0.807. The van der Waals surface area contributed by atoms with Crippen molar-refractivity contribution >= 4 is 5.97 Å². The van der Waals surface area contributed by atoms with Gasteiger partial charge in [-0.3, -0.25) is 4.79 Å². The molecule has 0 aliphatic heterocycles. The molecule has 4 nitrogen and oxygen atoms in total. The average Bonchev–Trinajstić information content (AvgIpc) is 2.15. The SMILES string of the molecule is CC(C(=O)O)c1ccnc(C(C)(C)C)n1. The first-order valence-corrected chi connectivity index (χ1v) is 4.88. The summed E-state index contributed by atoms with van der Waals surface area (Å²) in [5.74, 6) is -0.782. The number of hydrogen-bond donors (Lipinski definition) is 1. The lowest BCUT2D eigenvalue weighted by molar-refractivity contribution is -0.138. The van der Waals surface area contributed by atoms with E-state index in [-0.39, 0.29) is 5.41 Å². The smallest absolute Gasteiger partial charge is 0.312 e. The number of hydrogen-bond acceptors (Lipinski definition) is 3. The zero-order valence-electron chi connectivity index (χ0n) is 9.48. The Morgan fingerprint density at radius 2 is 2.07 bits per heavy atom. The fourth-order valence-corrected chi connectivity index (χ4v) is 1.10. The minimum atomic E-state index is -0.867. The highest BCUT2D eigenvalue weighted by atomic mass is 16.4. The fourth-order valence-electron chi connectivity index (χ4n) is 1.10. The first-order chi connectivity index (χ1) is 6.82. The molecular formula is C11H16N2O2. The minimum absolute atomic E-state index is 0.158. The molecule has 0 aliphatic carbocycles. The van der Waals surface area contributed by atoms with Gasteiger partial charge in [-0.05, 0) is 13.0 Å². The van der Waals surface area contributed by atoms with E-state index >= 15 is 0 Å². The minimum Gasteiger partial charge on any atom is -0.481 e. The summed E-state index contributed by atoms with van der Waals surface area (Å²) in [7, 11) is 0. The lowest BCUT2D eigenvalue weighted by Crippen LogP contribution is -2.18. The van der Waals surface area contributed by atoms with E-state index in [4.69, 9.17) is 5.11 Å². The highest BCUT2D eigenvalue weighted by Crippen LogP contribution is 2.20. The standard InChI is InChI=1S/C11H16N2O2/c1-7(9(14)15)8-5-6-12-10(13-8)11(2,3)4/h5-7H,1-4H3,(H,14,15). The van der Waals surface area contributed by atoms with Crippen molar-refractivity contribution < 1.29 is 9.90 Å². The molecule has 82 valence electrons. The summed E-state index contributed by atoms with van der Waals surface area (Å²) in [5.41, 5.74) is 0.399. The Morgan fingerprint density at radius 1 is 1.47 bits per heavy atom. The number of aliphatic carboxylic acids is 1. The molecule has 1 atom stereocenters. The van der Waals surface area contributed by atoms with E-state index in [1.165, 1.54) is 0 Å². The van der Waals surface area contributed by atoms with Crippen LogP contribution in [0.25, 0.3) is 0 Å². The molecule has 0 aliphatic rings. The van der Waals surface area contributed by atoms with Crippen LogP contribution in [0.4, 0.5) is 0 Å². The highest BCUT2D eigenvalue weighted by molar-refractivity contribution is 5.74. The summed E-state index contributed by atoms with van der Waals surface area (Å²) < 4.78 is 0. The summed E-state index contributed by atoms with van der Waals surface area (Å²) in [4.78, 5) is 19.2. The summed E-state index contributed by atoms with van der Waals surface area (Å²) >= 11 is 0. The molecule has 4 heteroatoms. The first kappa shape index (κ1) is 11.6. The van der Waals surface area contributed by atoms with Crippen LogP contribution in [0.1, 0.15) is 45.1 Å². The van der Waals surface area contributed by atoms with Gasteiger partial charge in [0.25, 0.3) is 0 Å². The number of aromatic nitrogens is 2. The lowest BCUT2D eigenvalue weighted by atomic mass is 9.95.